The van der Waals surface area contributed by atoms with Crippen LogP contribution in [0.1, 0.15) is 33.3 Å². The standard InChI is InChI=1S/C16H24BFO4/c1-15(2)16(3,4)22-17(21-15)13-7-6-12(14(18)10-13)11-20-9-8-19-5/h6-7,10H,8-9,11H2,1-5H3. The van der Waals surface area contributed by atoms with Crippen LogP contribution in [0.3, 0.4) is 0 Å². The summed E-state index contributed by atoms with van der Waals surface area (Å²) in [6.45, 7) is 9.05. The van der Waals surface area contributed by atoms with Gasteiger partial charge >= 0.3 is 7.12 Å². The van der Waals surface area contributed by atoms with E-state index in [4.69, 9.17) is 18.8 Å². The first kappa shape index (κ1) is 17.4. The highest BCUT2D eigenvalue weighted by molar-refractivity contribution is 6.62. The van der Waals surface area contributed by atoms with E-state index in [9.17, 15) is 4.39 Å². The molecule has 6 heteroatoms. The summed E-state index contributed by atoms with van der Waals surface area (Å²) < 4.78 is 36.2. The molecule has 22 heavy (non-hydrogen) atoms. The van der Waals surface area contributed by atoms with E-state index in [-0.39, 0.29) is 12.4 Å². The molecule has 0 atom stereocenters. The van der Waals surface area contributed by atoms with Crippen LogP contribution in [-0.4, -0.2) is 38.6 Å². The molecular formula is C16H24BFO4. The first-order valence-electron chi connectivity index (χ1n) is 7.47. The second kappa shape index (κ2) is 6.66. The van der Waals surface area contributed by atoms with Crippen LogP contribution in [0.25, 0.3) is 0 Å². The van der Waals surface area contributed by atoms with Gasteiger partial charge in [0.2, 0.25) is 0 Å². The van der Waals surface area contributed by atoms with Crippen LogP contribution in [0.5, 0.6) is 0 Å². The molecule has 122 valence electrons. The van der Waals surface area contributed by atoms with Gasteiger partial charge in [-0.3, -0.25) is 0 Å². The normalized spacial score (nSPS) is 19.6. The molecule has 0 bridgehead atoms. The van der Waals surface area contributed by atoms with Gasteiger partial charge in [-0.05, 0) is 39.2 Å². The summed E-state index contributed by atoms with van der Waals surface area (Å²) in [4.78, 5) is 0. The molecule has 1 aromatic carbocycles. The molecule has 1 fully saturated rings. The molecule has 0 amide bonds. The molecule has 0 aromatic heterocycles. The van der Waals surface area contributed by atoms with Crippen LogP contribution in [-0.2, 0) is 25.4 Å². The van der Waals surface area contributed by atoms with Gasteiger partial charge in [0.25, 0.3) is 0 Å². The molecule has 0 radical (unpaired) electrons. The number of methoxy groups -OCH3 is 1. The van der Waals surface area contributed by atoms with Gasteiger partial charge in [0.05, 0.1) is 31.0 Å². The smallest absolute Gasteiger partial charge is 0.399 e. The summed E-state index contributed by atoms with van der Waals surface area (Å²) in [6, 6.07) is 4.99. The van der Waals surface area contributed by atoms with Crippen LogP contribution in [0.2, 0.25) is 0 Å². The fourth-order valence-corrected chi connectivity index (χ4v) is 2.13. The van der Waals surface area contributed by atoms with Crippen LogP contribution < -0.4 is 5.46 Å². The highest BCUT2D eigenvalue weighted by atomic mass is 19.1. The topological polar surface area (TPSA) is 36.9 Å². The Morgan fingerprint density at radius 2 is 1.73 bits per heavy atom. The molecule has 0 aliphatic carbocycles. The lowest BCUT2D eigenvalue weighted by molar-refractivity contribution is 0.00578. The molecule has 4 nitrogen and oxygen atoms in total. The Morgan fingerprint density at radius 1 is 1.09 bits per heavy atom. The monoisotopic (exact) mass is 310 g/mol. The molecule has 1 aliphatic heterocycles. The van der Waals surface area contributed by atoms with Crippen molar-refractivity contribution < 1.29 is 23.2 Å². The Bertz CT molecular complexity index is 503. The SMILES string of the molecule is COCCOCc1ccc(B2OC(C)(C)C(C)(C)O2)cc1F. The third-order valence-corrected chi connectivity index (χ3v) is 4.29. The van der Waals surface area contributed by atoms with E-state index in [1.165, 1.54) is 6.07 Å². The molecule has 0 saturated carbocycles. The highest BCUT2D eigenvalue weighted by Crippen LogP contribution is 2.36. The predicted octanol–water partition coefficient (Wildman–Crippen LogP) is 2.29. The number of hydrogen-bond acceptors (Lipinski definition) is 4. The maximum absolute atomic E-state index is 14.2. The van der Waals surface area contributed by atoms with Crippen molar-refractivity contribution in [3.05, 3.63) is 29.6 Å². The van der Waals surface area contributed by atoms with E-state index in [0.717, 1.165) is 0 Å². The van der Waals surface area contributed by atoms with Crippen molar-refractivity contribution in [2.75, 3.05) is 20.3 Å². The lowest BCUT2D eigenvalue weighted by atomic mass is 9.79. The molecule has 1 saturated heterocycles. The first-order valence-corrected chi connectivity index (χ1v) is 7.47. The Labute approximate surface area is 132 Å². The number of halogens is 1. The van der Waals surface area contributed by atoms with E-state index < -0.39 is 18.3 Å². The van der Waals surface area contributed by atoms with Gasteiger partial charge in [-0.25, -0.2) is 4.39 Å². The third-order valence-electron chi connectivity index (χ3n) is 4.29. The maximum Gasteiger partial charge on any atom is 0.494 e. The average Bonchev–Trinajstić information content (AvgIpc) is 2.65. The summed E-state index contributed by atoms with van der Waals surface area (Å²) in [5.41, 5.74) is 0.319. The summed E-state index contributed by atoms with van der Waals surface area (Å²) in [5, 5.41) is 0. The summed E-state index contributed by atoms with van der Waals surface area (Å²) >= 11 is 0. The third kappa shape index (κ3) is 3.69. The number of hydrogen-bond donors (Lipinski definition) is 0. The zero-order chi connectivity index (χ0) is 16.4. The maximum atomic E-state index is 14.2. The Hall–Kier alpha value is -0.945. The van der Waals surface area contributed by atoms with Gasteiger partial charge in [0, 0.05) is 12.7 Å². The lowest BCUT2D eigenvalue weighted by Gasteiger charge is -2.32. The van der Waals surface area contributed by atoms with Crippen molar-refractivity contribution in [1.82, 2.24) is 0 Å². The van der Waals surface area contributed by atoms with Gasteiger partial charge in [-0.15, -0.1) is 0 Å². The van der Waals surface area contributed by atoms with Crippen LogP contribution in [0, 0.1) is 5.82 Å². The number of benzene rings is 1. The molecule has 1 heterocycles. The second-order valence-corrected chi connectivity index (χ2v) is 6.48. The van der Waals surface area contributed by atoms with Gasteiger partial charge < -0.3 is 18.8 Å². The van der Waals surface area contributed by atoms with Gasteiger partial charge in [-0.2, -0.15) is 0 Å². The number of ether oxygens (including phenoxy) is 2. The minimum atomic E-state index is -0.553. The summed E-state index contributed by atoms with van der Waals surface area (Å²) in [5.74, 6) is -0.315. The fraction of sp³-hybridized carbons (Fsp3) is 0.625. The molecule has 2 rings (SSSR count). The second-order valence-electron chi connectivity index (χ2n) is 6.48. The minimum absolute atomic E-state index is 0.221. The first-order chi connectivity index (χ1) is 10.3. The molecule has 0 spiro atoms. The van der Waals surface area contributed by atoms with Crippen LogP contribution in [0.4, 0.5) is 4.39 Å². The quantitative estimate of drug-likeness (QED) is 0.597. The molecule has 1 aromatic rings. The Kier molecular flexibility index (Phi) is 5.27. The van der Waals surface area contributed by atoms with Crippen molar-refractivity contribution in [3.63, 3.8) is 0 Å². The van der Waals surface area contributed by atoms with E-state index in [1.807, 2.05) is 33.8 Å². The summed E-state index contributed by atoms with van der Waals surface area (Å²) in [7, 11) is 1.05. The summed E-state index contributed by atoms with van der Waals surface area (Å²) in [6.07, 6.45) is 0. The van der Waals surface area contributed by atoms with Crippen molar-refractivity contribution in [2.24, 2.45) is 0 Å². The minimum Gasteiger partial charge on any atom is -0.399 e. The zero-order valence-corrected chi connectivity index (χ0v) is 13.9. The average molecular weight is 310 g/mol. The van der Waals surface area contributed by atoms with Crippen molar-refractivity contribution in [3.8, 4) is 0 Å². The molecule has 1 aliphatic rings. The molecule has 0 N–H and O–H groups in total. The van der Waals surface area contributed by atoms with E-state index in [1.54, 1.807) is 13.2 Å². The Balaban J connectivity index is 2.04. The van der Waals surface area contributed by atoms with Crippen LogP contribution in [0.15, 0.2) is 18.2 Å². The number of rotatable bonds is 6. The largest absolute Gasteiger partial charge is 0.494 e. The zero-order valence-electron chi connectivity index (χ0n) is 13.9. The van der Waals surface area contributed by atoms with E-state index in [2.05, 4.69) is 0 Å². The van der Waals surface area contributed by atoms with Crippen molar-refractivity contribution in [1.29, 1.82) is 0 Å². The van der Waals surface area contributed by atoms with Gasteiger partial charge in [0.15, 0.2) is 0 Å². The highest BCUT2D eigenvalue weighted by Gasteiger charge is 2.51. The molecule has 0 unspecified atom stereocenters. The van der Waals surface area contributed by atoms with Crippen molar-refractivity contribution in [2.45, 2.75) is 45.5 Å². The van der Waals surface area contributed by atoms with Gasteiger partial charge in [-0.1, -0.05) is 12.1 Å². The Morgan fingerprint density at radius 3 is 2.27 bits per heavy atom. The van der Waals surface area contributed by atoms with Crippen LogP contribution >= 0.6 is 0 Å². The molecular weight excluding hydrogens is 286 g/mol. The lowest BCUT2D eigenvalue weighted by Crippen LogP contribution is -2.41. The van der Waals surface area contributed by atoms with Crippen molar-refractivity contribution >= 4 is 12.6 Å². The fourth-order valence-electron chi connectivity index (χ4n) is 2.13. The van der Waals surface area contributed by atoms with Gasteiger partial charge in [0.1, 0.15) is 5.82 Å². The van der Waals surface area contributed by atoms with E-state index >= 15 is 0 Å². The predicted molar refractivity (Wildman–Crippen MR) is 83.6 cm³/mol. The van der Waals surface area contributed by atoms with E-state index in [0.29, 0.717) is 24.2 Å².